The van der Waals surface area contributed by atoms with E-state index in [4.69, 9.17) is 11.6 Å². The molecule has 1 nitrogen and oxygen atoms in total. The maximum absolute atomic E-state index is 6.61. The normalized spacial score (nSPS) is 42.8. The van der Waals surface area contributed by atoms with Crippen molar-refractivity contribution in [1.82, 2.24) is 4.90 Å². The van der Waals surface area contributed by atoms with Crippen molar-refractivity contribution in [1.29, 1.82) is 0 Å². The number of hydrogen-bond acceptors (Lipinski definition) is 1. The fraction of sp³-hybridized carbons (Fsp3) is 1.00. The van der Waals surface area contributed by atoms with Gasteiger partial charge in [-0.25, -0.2) is 0 Å². The molecule has 0 unspecified atom stereocenters. The van der Waals surface area contributed by atoms with E-state index in [1.54, 1.807) is 0 Å². The van der Waals surface area contributed by atoms with E-state index in [0.29, 0.717) is 16.2 Å². The van der Waals surface area contributed by atoms with Gasteiger partial charge in [0.25, 0.3) is 0 Å². The Kier molecular flexibility index (Phi) is 2.84. The smallest absolute Gasteiger partial charge is 0.0400 e. The lowest BCUT2D eigenvalue weighted by Crippen LogP contribution is -2.38. The van der Waals surface area contributed by atoms with E-state index >= 15 is 0 Å². The van der Waals surface area contributed by atoms with Crippen molar-refractivity contribution in [2.75, 3.05) is 20.6 Å². The van der Waals surface area contributed by atoms with Crippen molar-refractivity contribution in [2.24, 2.45) is 16.7 Å². The Bertz CT molecular complexity index is 249. The molecule has 0 heterocycles. The average Bonchev–Trinajstić information content (AvgIpc) is 2.47. The quantitative estimate of drug-likeness (QED) is 0.671. The molecular formula is C13H24ClN. The number of alkyl halides is 1. The van der Waals surface area contributed by atoms with Crippen LogP contribution in [0.5, 0.6) is 0 Å². The Balaban J connectivity index is 2.16. The zero-order valence-corrected chi connectivity index (χ0v) is 11.3. The summed E-state index contributed by atoms with van der Waals surface area (Å²) >= 11 is 6.61. The number of nitrogens with zero attached hydrogens (tertiary/aromatic N) is 1. The second kappa shape index (κ2) is 3.63. The van der Waals surface area contributed by atoms with Gasteiger partial charge in [0.15, 0.2) is 0 Å². The largest absolute Gasteiger partial charge is 0.309 e. The Hall–Kier alpha value is 0.250. The van der Waals surface area contributed by atoms with Crippen molar-refractivity contribution in [2.45, 2.75) is 44.9 Å². The van der Waals surface area contributed by atoms with Crippen LogP contribution in [0.4, 0.5) is 0 Å². The molecule has 2 aliphatic carbocycles. The van der Waals surface area contributed by atoms with Crippen LogP contribution < -0.4 is 0 Å². The van der Waals surface area contributed by atoms with E-state index in [2.05, 4.69) is 32.8 Å². The Labute approximate surface area is 99.2 Å². The van der Waals surface area contributed by atoms with Gasteiger partial charge in [0.05, 0.1) is 0 Å². The highest BCUT2D eigenvalue weighted by Gasteiger charge is 2.62. The maximum Gasteiger partial charge on any atom is 0.0400 e. The van der Waals surface area contributed by atoms with E-state index in [1.807, 2.05) is 0 Å². The van der Waals surface area contributed by atoms with Gasteiger partial charge in [-0.15, -0.1) is 11.6 Å². The third kappa shape index (κ3) is 1.54. The Morgan fingerprint density at radius 1 is 1.33 bits per heavy atom. The van der Waals surface area contributed by atoms with Gasteiger partial charge in [-0.3, -0.25) is 0 Å². The molecule has 2 heteroatoms. The fourth-order valence-corrected chi connectivity index (χ4v) is 4.71. The minimum Gasteiger partial charge on any atom is -0.309 e. The zero-order chi connectivity index (χ0) is 11.3. The average molecular weight is 230 g/mol. The predicted octanol–water partition coefficient (Wildman–Crippen LogP) is 3.37. The summed E-state index contributed by atoms with van der Waals surface area (Å²) in [7, 11) is 4.32. The molecule has 0 amide bonds. The standard InChI is InChI=1S/C13H24ClN/c1-12(2)10-5-6-13(12,11(14)9-10)7-8-15(3)4/h10-11H,5-9H2,1-4H3/t10-,11+,13-/m0/s1. The van der Waals surface area contributed by atoms with Crippen molar-refractivity contribution < 1.29 is 0 Å². The van der Waals surface area contributed by atoms with Crippen LogP contribution in [0.15, 0.2) is 0 Å². The molecule has 88 valence electrons. The molecule has 0 radical (unpaired) electrons. The van der Waals surface area contributed by atoms with Gasteiger partial charge in [0.1, 0.15) is 0 Å². The second-order valence-corrected chi connectivity index (χ2v) is 6.90. The topological polar surface area (TPSA) is 3.24 Å². The fourth-order valence-electron chi connectivity index (χ4n) is 4.00. The first kappa shape index (κ1) is 11.7. The van der Waals surface area contributed by atoms with Crippen molar-refractivity contribution in [3.8, 4) is 0 Å². The van der Waals surface area contributed by atoms with Gasteiger partial charge in [-0.1, -0.05) is 13.8 Å². The minimum absolute atomic E-state index is 0.420. The molecule has 0 aromatic rings. The number of fused-ring (bicyclic) bond motifs is 2. The molecule has 0 aromatic heterocycles. The highest BCUT2D eigenvalue weighted by Crippen LogP contribution is 2.68. The minimum atomic E-state index is 0.420. The van der Waals surface area contributed by atoms with Crippen LogP contribution >= 0.6 is 11.6 Å². The lowest BCUT2D eigenvalue weighted by atomic mass is 9.67. The van der Waals surface area contributed by atoms with E-state index < -0.39 is 0 Å². The Morgan fingerprint density at radius 3 is 2.40 bits per heavy atom. The van der Waals surface area contributed by atoms with E-state index in [0.717, 1.165) is 5.92 Å². The molecule has 3 atom stereocenters. The van der Waals surface area contributed by atoms with Crippen LogP contribution in [-0.4, -0.2) is 30.9 Å². The molecule has 0 aliphatic heterocycles. The summed E-state index contributed by atoms with van der Waals surface area (Å²) in [6.45, 7) is 6.07. The van der Waals surface area contributed by atoms with Crippen LogP contribution in [0.25, 0.3) is 0 Å². The van der Waals surface area contributed by atoms with Crippen LogP contribution in [0.2, 0.25) is 0 Å². The molecule has 2 saturated carbocycles. The third-order valence-electron chi connectivity index (χ3n) is 5.34. The van der Waals surface area contributed by atoms with Gasteiger partial charge < -0.3 is 4.90 Å². The van der Waals surface area contributed by atoms with Crippen molar-refractivity contribution >= 4 is 11.6 Å². The Morgan fingerprint density at radius 2 is 2.00 bits per heavy atom. The van der Waals surface area contributed by atoms with Gasteiger partial charge in [0.2, 0.25) is 0 Å². The molecule has 0 spiro atoms. The number of halogens is 1. The zero-order valence-electron chi connectivity index (χ0n) is 10.5. The van der Waals surface area contributed by atoms with Crippen LogP contribution in [0.1, 0.15) is 39.5 Å². The molecular weight excluding hydrogens is 206 g/mol. The van der Waals surface area contributed by atoms with E-state index in [1.165, 1.54) is 32.2 Å². The summed E-state index contributed by atoms with van der Waals surface area (Å²) in [5.74, 6) is 0.877. The summed E-state index contributed by atoms with van der Waals surface area (Å²) in [4.78, 5) is 2.29. The van der Waals surface area contributed by atoms with Gasteiger partial charge in [-0.05, 0) is 63.1 Å². The summed E-state index contributed by atoms with van der Waals surface area (Å²) in [6, 6.07) is 0. The second-order valence-electron chi connectivity index (χ2n) is 6.37. The molecule has 0 N–H and O–H groups in total. The first-order chi connectivity index (χ1) is 6.90. The highest BCUT2D eigenvalue weighted by atomic mass is 35.5. The van der Waals surface area contributed by atoms with Gasteiger partial charge in [0, 0.05) is 5.38 Å². The third-order valence-corrected chi connectivity index (χ3v) is 5.93. The van der Waals surface area contributed by atoms with Crippen LogP contribution in [-0.2, 0) is 0 Å². The monoisotopic (exact) mass is 229 g/mol. The molecule has 0 aromatic carbocycles. The SMILES string of the molecule is CN(C)CC[C@@]12CC[C@@H](C[C@H]1Cl)C2(C)C. The summed E-state index contributed by atoms with van der Waals surface area (Å²) in [5.41, 5.74) is 0.888. The van der Waals surface area contributed by atoms with Crippen LogP contribution in [0.3, 0.4) is 0 Å². The summed E-state index contributed by atoms with van der Waals surface area (Å²) in [5, 5.41) is 0.422. The van der Waals surface area contributed by atoms with Crippen LogP contribution in [0, 0.1) is 16.7 Å². The molecule has 0 saturated heterocycles. The van der Waals surface area contributed by atoms with Crippen molar-refractivity contribution in [3.63, 3.8) is 0 Å². The first-order valence-electron chi connectivity index (χ1n) is 6.19. The first-order valence-corrected chi connectivity index (χ1v) is 6.62. The lowest BCUT2D eigenvalue weighted by Gasteiger charge is -2.41. The molecule has 2 fully saturated rings. The lowest BCUT2D eigenvalue weighted by molar-refractivity contribution is 0.107. The predicted molar refractivity (Wildman–Crippen MR) is 66.4 cm³/mol. The van der Waals surface area contributed by atoms with Gasteiger partial charge in [-0.2, -0.15) is 0 Å². The highest BCUT2D eigenvalue weighted by molar-refractivity contribution is 6.21. The van der Waals surface area contributed by atoms with E-state index in [-0.39, 0.29) is 0 Å². The van der Waals surface area contributed by atoms with E-state index in [9.17, 15) is 0 Å². The molecule has 15 heavy (non-hydrogen) atoms. The number of hydrogen-bond donors (Lipinski definition) is 0. The molecule has 2 bridgehead atoms. The van der Waals surface area contributed by atoms with Crippen molar-refractivity contribution in [3.05, 3.63) is 0 Å². The summed E-state index contributed by atoms with van der Waals surface area (Å²) < 4.78 is 0. The summed E-state index contributed by atoms with van der Waals surface area (Å²) in [6.07, 6.45) is 5.29. The maximum atomic E-state index is 6.61. The number of rotatable bonds is 3. The van der Waals surface area contributed by atoms with Gasteiger partial charge >= 0.3 is 0 Å². The molecule has 2 rings (SSSR count). The molecule has 2 aliphatic rings.